The molecule has 1 aromatic rings. The molecule has 30 heavy (non-hydrogen) atoms. The Bertz CT molecular complexity index is 664. The van der Waals surface area contributed by atoms with Gasteiger partial charge in [-0.25, -0.2) is 4.48 Å². The van der Waals surface area contributed by atoms with Gasteiger partial charge in [0.2, 0.25) is 0 Å². The van der Waals surface area contributed by atoms with E-state index in [9.17, 15) is 0 Å². The number of unbranched alkanes of at least 4 members (excludes halogenated alkanes) is 5. The molecule has 0 bridgehead atoms. The summed E-state index contributed by atoms with van der Waals surface area (Å²) in [7, 11) is 0. The predicted octanol–water partition coefficient (Wildman–Crippen LogP) is 3.16. The van der Waals surface area contributed by atoms with Crippen LogP contribution >= 0.6 is 0 Å². The minimum atomic E-state index is -0.499. The molecule has 0 saturated carbocycles. The van der Waals surface area contributed by atoms with Crippen LogP contribution in [0.2, 0.25) is 0 Å². The summed E-state index contributed by atoms with van der Waals surface area (Å²) < 4.78 is 6.82. The van der Waals surface area contributed by atoms with Gasteiger partial charge in [0.05, 0.1) is 6.10 Å². The molecule has 164 valence electrons. The summed E-state index contributed by atoms with van der Waals surface area (Å²) in [5.41, 5.74) is 1.00. The molecule has 0 aliphatic rings. The second kappa shape index (κ2) is 16.9. The lowest BCUT2D eigenvalue weighted by Crippen LogP contribution is -3.00. The smallest absolute Gasteiger partial charge is 0.264 e. The Morgan fingerprint density at radius 2 is 1.43 bits per heavy atom. The van der Waals surface area contributed by atoms with Gasteiger partial charge in [-0.2, -0.15) is 0 Å². The molecule has 0 amide bonds. The third-order valence-electron chi connectivity index (χ3n) is 5.42. The molecule has 0 spiro atoms. The van der Waals surface area contributed by atoms with Crippen LogP contribution in [-0.2, 0) is 4.74 Å². The largest absolute Gasteiger partial charge is 1.00 e. The van der Waals surface area contributed by atoms with E-state index in [0.717, 1.165) is 24.9 Å². The lowest BCUT2D eigenvalue weighted by atomic mass is 10.0. The number of para-hydroxylation sites is 1. The normalized spacial score (nSPS) is 12.6. The summed E-state index contributed by atoms with van der Waals surface area (Å²) >= 11 is 0. The van der Waals surface area contributed by atoms with E-state index in [1.807, 2.05) is 30.3 Å². The first-order valence-electron chi connectivity index (χ1n) is 11.1. The van der Waals surface area contributed by atoms with Crippen molar-refractivity contribution in [3.63, 3.8) is 0 Å². The topological polar surface area (TPSA) is 9.23 Å². The van der Waals surface area contributed by atoms with Crippen LogP contribution < -0.4 is 16.9 Å². The van der Waals surface area contributed by atoms with Crippen LogP contribution in [0.25, 0.3) is 0 Å². The highest BCUT2D eigenvalue weighted by Gasteiger charge is 2.39. The van der Waals surface area contributed by atoms with Gasteiger partial charge >= 0.3 is 0 Å². The van der Waals surface area contributed by atoms with Gasteiger partial charge in [0.25, 0.3) is 6.23 Å². The molecular weight excluding hydrogens is 390 g/mol. The van der Waals surface area contributed by atoms with Crippen molar-refractivity contribution >= 4 is 5.69 Å². The van der Waals surface area contributed by atoms with Crippen molar-refractivity contribution in [2.45, 2.75) is 84.0 Å². The first-order chi connectivity index (χ1) is 14.2. The SMILES string of the molecule is C#CC[N+](CC#C)(c1ccccc1)C(C#C)OC(CCC)CCCCCCCC.[Cl-]. The average molecular weight is 428 g/mol. The molecule has 2 nitrogen and oxygen atoms in total. The Hall–Kier alpha value is -1.89. The van der Waals surface area contributed by atoms with Crippen molar-refractivity contribution in [2.24, 2.45) is 0 Å². The number of hydrogen-bond acceptors (Lipinski definition) is 1. The van der Waals surface area contributed by atoms with E-state index in [1.165, 1.54) is 38.5 Å². The highest BCUT2D eigenvalue weighted by Crippen LogP contribution is 2.29. The summed E-state index contributed by atoms with van der Waals surface area (Å²) in [6, 6.07) is 10.0. The maximum absolute atomic E-state index is 6.54. The molecule has 1 rings (SSSR count). The third kappa shape index (κ3) is 8.86. The molecule has 0 aliphatic heterocycles. The van der Waals surface area contributed by atoms with E-state index in [-0.39, 0.29) is 23.0 Å². The fourth-order valence-electron chi connectivity index (χ4n) is 3.83. The predicted molar refractivity (Wildman–Crippen MR) is 126 cm³/mol. The Balaban J connectivity index is 0.00000841. The highest BCUT2D eigenvalue weighted by molar-refractivity contribution is 5.46. The molecule has 3 heteroatoms. The van der Waals surface area contributed by atoms with Crippen molar-refractivity contribution in [3.05, 3.63) is 30.3 Å². The maximum Gasteiger partial charge on any atom is 0.264 e. The minimum absolute atomic E-state index is 0. The van der Waals surface area contributed by atoms with E-state index in [1.54, 1.807) is 0 Å². The summed E-state index contributed by atoms with van der Waals surface area (Å²) in [6.07, 6.45) is 27.8. The standard InChI is InChI=1S/C27H38NO.ClH/c1-6-11-12-13-14-18-22-26(19-7-2)29-27(10-5)28(23-8-3,24-9-4)25-20-16-15-17-21-25;/h3-5,15-17,20-21,26-27H,6-7,11-14,18-19,22-24H2,1-2H3;1H/q+1;/p-1. The lowest BCUT2D eigenvalue weighted by Gasteiger charge is -2.40. The van der Waals surface area contributed by atoms with E-state index in [4.69, 9.17) is 24.0 Å². The molecular formula is C27H38ClNO. The average Bonchev–Trinajstić information content (AvgIpc) is 2.74. The van der Waals surface area contributed by atoms with Gasteiger partial charge in [-0.05, 0) is 42.7 Å². The zero-order chi connectivity index (χ0) is 21.4. The zero-order valence-electron chi connectivity index (χ0n) is 18.8. The molecule has 0 N–H and O–H groups in total. The van der Waals surface area contributed by atoms with Gasteiger partial charge in [-0.3, -0.25) is 0 Å². The molecule has 0 fully saturated rings. The Morgan fingerprint density at radius 1 is 0.833 bits per heavy atom. The van der Waals surface area contributed by atoms with E-state index < -0.39 is 6.23 Å². The minimum Gasteiger partial charge on any atom is -1.00 e. The van der Waals surface area contributed by atoms with E-state index >= 15 is 0 Å². The number of halogens is 1. The van der Waals surface area contributed by atoms with Crippen molar-refractivity contribution in [2.75, 3.05) is 13.1 Å². The number of rotatable bonds is 15. The molecule has 0 aromatic heterocycles. The van der Waals surface area contributed by atoms with Crippen LogP contribution in [0.3, 0.4) is 0 Å². The molecule has 0 heterocycles. The summed E-state index contributed by atoms with van der Waals surface area (Å²) in [4.78, 5) is 0. The van der Waals surface area contributed by atoms with Crippen LogP contribution in [0.5, 0.6) is 0 Å². The molecule has 0 saturated heterocycles. The van der Waals surface area contributed by atoms with Crippen molar-refractivity contribution in [1.29, 1.82) is 0 Å². The Kier molecular flexibility index (Phi) is 15.8. The zero-order valence-corrected chi connectivity index (χ0v) is 19.5. The lowest BCUT2D eigenvalue weighted by molar-refractivity contribution is -0.0606. The quantitative estimate of drug-likeness (QED) is 0.181. The third-order valence-corrected chi connectivity index (χ3v) is 5.42. The van der Waals surface area contributed by atoms with Crippen LogP contribution in [0.4, 0.5) is 5.69 Å². The number of terminal acetylenes is 3. The number of hydrogen-bond donors (Lipinski definition) is 0. The van der Waals surface area contributed by atoms with Crippen molar-refractivity contribution in [3.8, 4) is 37.0 Å². The van der Waals surface area contributed by atoms with Crippen LogP contribution in [-0.4, -0.2) is 25.4 Å². The molecule has 0 aliphatic carbocycles. The van der Waals surface area contributed by atoms with E-state index in [2.05, 4.69) is 31.6 Å². The van der Waals surface area contributed by atoms with Gasteiger partial charge in [0.1, 0.15) is 18.8 Å². The van der Waals surface area contributed by atoms with Gasteiger partial charge in [-0.1, -0.05) is 77.0 Å². The van der Waals surface area contributed by atoms with Crippen molar-refractivity contribution < 1.29 is 17.1 Å². The van der Waals surface area contributed by atoms with Crippen LogP contribution in [0.15, 0.2) is 30.3 Å². The fraction of sp³-hybridized carbons (Fsp3) is 0.556. The number of nitrogens with zero attached hydrogens (tertiary/aromatic N) is 1. The van der Waals surface area contributed by atoms with Gasteiger partial charge in [0, 0.05) is 0 Å². The van der Waals surface area contributed by atoms with Crippen molar-refractivity contribution in [1.82, 2.24) is 4.48 Å². The highest BCUT2D eigenvalue weighted by atomic mass is 35.5. The molecule has 2 atom stereocenters. The molecule has 1 aromatic carbocycles. The number of quaternary nitrogens is 1. The Morgan fingerprint density at radius 3 is 1.97 bits per heavy atom. The summed E-state index contributed by atoms with van der Waals surface area (Å²) in [5, 5.41) is 0. The molecule has 0 radical (unpaired) electrons. The fourth-order valence-corrected chi connectivity index (χ4v) is 3.83. The van der Waals surface area contributed by atoms with Crippen LogP contribution in [0, 0.1) is 37.0 Å². The second-order valence-corrected chi connectivity index (χ2v) is 7.72. The van der Waals surface area contributed by atoms with E-state index in [0.29, 0.717) is 13.1 Å². The molecule has 2 unspecified atom stereocenters. The van der Waals surface area contributed by atoms with Gasteiger partial charge in [-0.15, -0.1) is 19.3 Å². The maximum atomic E-state index is 6.54. The number of ether oxygens (including phenoxy) is 1. The number of benzene rings is 1. The first-order valence-corrected chi connectivity index (χ1v) is 11.1. The summed E-state index contributed by atoms with van der Waals surface area (Å²) in [6.45, 7) is 5.23. The van der Waals surface area contributed by atoms with Crippen LogP contribution in [0.1, 0.15) is 71.6 Å². The Labute approximate surface area is 191 Å². The summed E-state index contributed by atoms with van der Waals surface area (Å²) in [5.74, 6) is 8.45. The van der Waals surface area contributed by atoms with Gasteiger partial charge in [0.15, 0.2) is 0 Å². The monoisotopic (exact) mass is 427 g/mol. The van der Waals surface area contributed by atoms with Gasteiger partial charge < -0.3 is 17.1 Å². The first kappa shape index (κ1) is 28.1. The second-order valence-electron chi connectivity index (χ2n) is 7.72.